The van der Waals surface area contributed by atoms with Gasteiger partial charge >= 0.3 is 0 Å². The van der Waals surface area contributed by atoms with Gasteiger partial charge in [-0.25, -0.2) is 0 Å². The predicted molar refractivity (Wildman–Crippen MR) is 69.9 cm³/mol. The van der Waals surface area contributed by atoms with E-state index in [0.717, 1.165) is 31.4 Å². The van der Waals surface area contributed by atoms with Gasteiger partial charge in [-0.1, -0.05) is 6.92 Å². The van der Waals surface area contributed by atoms with Gasteiger partial charge in [0.05, 0.1) is 11.7 Å². The molecule has 1 N–H and O–H groups in total. The van der Waals surface area contributed by atoms with Crippen molar-refractivity contribution in [2.24, 2.45) is 7.05 Å². The third-order valence-electron chi connectivity index (χ3n) is 3.78. The lowest BCUT2D eigenvalue weighted by molar-refractivity contribution is -0.137. The van der Waals surface area contributed by atoms with Crippen molar-refractivity contribution in [1.82, 2.24) is 20.0 Å². The summed E-state index contributed by atoms with van der Waals surface area (Å²) in [5.74, 6) is 0.200. The molecule has 2 rings (SSSR count). The molecule has 0 aliphatic carbocycles. The zero-order valence-electron chi connectivity index (χ0n) is 11.4. The first-order valence-corrected chi connectivity index (χ1v) is 6.55. The summed E-state index contributed by atoms with van der Waals surface area (Å²) in [5.41, 5.74) is 0.731. The summed E-state index contributed by atoms with van der Waals surface area (Å²) in [7, 11) is 3.75. The molecule has 5 heteroatoms. The molecule has 100 valence electrons. The normalized spacial score (nSPS) is 23.3. The molecule has 1 amide bonds. The van der Waals surface area contributed by atoms with Crippen molar-refractivity contribution >= 4 is 5.91 Å². The van der Waals surface area contributed by atoms with E-state index >= 15 is 0 Å². The molecule has 0 radical (unpaired) electrons. The zero-order chi connectivity index (χ0) is 13.2. The average Bonchev–Trinajstić information content (AvgIpc) is 2.98. The maximum atomic E-state index is 12.5. The lowest BCUT2D eigenvalue weighted by atomic mass is 9.92. The van der Waals surface area contributed by atoms with Crippen LogP contribution in [-0.4, -0.2) is 39.7 Å². The Morgan fingerprint density at radius 2 is 2.44 bits per heavy atom. The van der Waals surface area contributed by atoms with Crippen LogP contribution in [0.2, 0.25) is 0 Å². The monoisotopic (exact) mass is 250 g/mol. The van der Waals surface area contributed by atoms with Crippen LogP contribution in [-0.2, 0) is 18.4 Å². The van der Waals surface area contributed by atoms with Gasteiger partial charge in [0.25, 0.3) is 0 Å². The highest BCUT2D eigenvalue weighted by molar-refractivity contribution is 5.86. The number of likely N-dealkylation sites (N-methyl/N-ethyl adjacent to an activating group) is 1. The second kappa shape index (κ2) is 5.10. The summed E-state index contributed by atoms with van der Waals surface area (Å²) in [6, 6.07) is 0. The predicted octanol–water partition coefficient (Wildman–Crippen LogP) is 0.911. The Labute approximate surface area is 108 Å². The highest BCUT2D eigenvalue weighted by Crippen LogP contribution is 2.25. The number of carbonyl (C=O) groups excluding carboxylic acids is 1. The molecule has 0 spiro atoms. The number of hydrogen-bond donors (Lipinski definition) is 1. The maximum Gasteiger partial charge on any atom is 0.242 e. The van der Waals surface area contributed by atoms with Gasteiger partial charge in [-0.3, -0.25) is 9.48 Å². The van der Waals surface area contributed by atoms with Crippen molar-refractivity contribution in [2.75, 3.05) is 13.6 Å². The van der Waals surface area contributed by atoms with Crippen molar-refractivity contribution < 1.29 is 4.79 Å². The number of rotatable bonds is 4. The molecule has 1 aliphatic rings. The van der Waals surface area contributed by atoms with E-state index in [1.807, 2.05) is 26.5 Å². The number of nitrogens with zero attached hydrogens (tertiary/aromatic N) is 3. The van der Waals surface area contributed by atoms with Crippen molar-refractivity contribution in [2.45, 2.75) is 38.3 Å². The minimum atomic E-state index is -0.336. The molecule has 2 heterocycles. The molecule has 5 nitrogen and oxygen atoms in total. The zero-order valence-corrected chi connectivity index (χ0v) is 11.4. The Bertz CT molecular complexity index is 420. The van der Waals surface area contributed by atoms with Gasteiger partial charge in [0.2, 0.25) is 5.91 Å². The Morgan fingerprint density at radius 1 is 1.67 bits per heavy atom. The second-order valence-corrected chi connectivity index (χ2v) is 5.15. The molecule has 1 aromatic heterocycles. The molecule has 18 heavy (non-hydrogen) atoms. The standard InChI is InChI=1S/C13H22N4O/c1-4-13(6-5-7-14-13)12(18)16(2)9-11-8-15-17(3)10-11/h8,10,14H,4-7,9H2,1-3H3. The van der Waals surface area contributed by atoms with E-state index in [-0.39, 0.29) is 11.4 Å². The first-order chi connectivity index (χ1) is 8.57. The minimum absolute atomic E-state index is 0.200. The van der Waals surface area contributed by atoms with Gasteiger partial charge in [-0.2, -0.15) is 5.10 Å². The van der Waals surface area contributed by atoms with Gasteiger partial charge in [-0.05, 0) is 25.8 Å². The molecule has 1 fully saturated rings. The SMILES string of the molecule is CCC1(C(=O)N(C)Cc2cnn(C)c2)CCCN1. The van der Waals surface area contributed by atoms with Gasteiger partial charge in [0.15, 0.2) is 0 Å². The fraction of sp³-hybridized carbons (Fsp3) is 0.692. The molecule has 0 aromatic carbocycles. The third-order valence-corrected chi connectivity index (χ3v) is 3.78. The number of aromatic nitrogens is 2. The van der Waals surface area contributed by atoms with Crippen LogP contribution in [0.25, 0.3) is 0 Å². The summed E-state index contributed by atoms with van der Waals surface area (Å²) in [5, 5.41) is 7.51. The van der Waals surface area contributed by atoms with Gasteiger partial charge < -0.3 is 10.2 Å². The molecule has 1 unspecified atom stereocenters. The first-order valence-electron chi connectivity index (χ1n) is 6.55. The van der Waals surface area contributed by atoms with Crippen molar-refractivity contribution in [1.29, 1.82) is 0 Å². The van der Waals surface area contributed by atoms with Crippen LogP contribution >= 0.6 is 0 Å². The molecule has 0 bridgehead atoms. The van der Waals surface area contributed by atoms with E-state index in [1.54, 1.807) is 9.58 Å². The highest BCUT2D eigenvalue weighted by Gasteiger charge is 2.40. The lowest BCUT2D eigenvalue weighted by Crippen LogP contribution is -2.53. The van der Waals surface area contributed by atoms with Gasteiger partial charge in [-0.15, -0.1) is 0 Å². The molecule has 1 saturated heterocycles. The Hall–Kier alpha value is -1.36. The summed E-state index contributed by atoms with van der Waals surface area (Å²) in [6.45, 7) is 3.64. The van der Waals surface area contributed by atoms with Gasteiger partial charge in [0.1, 0.15) is 0 Å². The van der Waals surface area contributed by atoms with Crippen LogP contribution in [0.3, 0.4) is 0 Å². The number of nitrogens with one attached hydrogen (secondary N) is 1. The second-order valence-electron chi connectivity index (χ2n) is 5.15. The van der Waals surface area contributed by atoms with Crippen LogP contribution in [0.15, 0.2) is 12.4 Å². The van der Waals surface area contributed by atoms with Gasteiger partial charge in [0, 0.05) is 32.4 Å². The number of amides is 1. The van der Waals surface area contributed by atoms with E-state index < -0.39 is 0 Å². The highest BCUT2D eigenvalue weighted by atomic mass is 16.2. The van der Waals surface area contributed by atoms with Crippen LogP contribution in [0, 0.1) is 0 Å². The fourth-order valence-corrected chi connectivity index (χ4v) is 2.71. The van der Waals surface area contributed by atoms with E-state index in [4.69, 9.17) is 0 Å². The van der Waals surface area contributed by atoms with Crippen molar-refractivity contribution in [3.05, 3.63) is 18.0 Å². The smallest absolute Gasteiger partial charge is 0.242 e. The average molecular weight is 250 g/mol. The summed E-state index contributed by atoms with van der Waals surface area (Å²) in [4.78, 5) is 14.4. The van der Waals surface area contributed by atoms with Crippen LogP contribution in [0.5, 0.6) is 0 Å². The van der Waals surface area contributed by atoms with E-state index in [1.165, 1.54) is 0 Å². The third kappa shape index (κ3) is 2.41. The number of carbonyl (C=O) groups is 1. The lowest BCUT2D eigenvalue weighted by Gasteiger charge is -2.31. The Balaban J connectivity index is 2.04. The van der Waals surface area contributed by atoms with E-state index in [2.05, 4.69) is 17.3 Å². The first kappa shape index (κ1) is 13.1. The quantitative estimate of drug-likeness (QED) is 0.864. The summed E-state index contributed by atoms with van der Waals surface area (Å²) >= 11 is 0. The van der Waals surface area contributed by atoms with Crippen molar-refractivity contribution in [3.63, 3.8) is 0 Å². The topological polar surface area (TPSA) is 50.2 Å². The maximum absolute atomic E-state index is 12.5. The van der Waals surface area contributed by atoms with Crippen LogP contribution < -0.4 is 5.32 Å². The van der Waals surface area contributed by atoms with Crippen LogP contribution in [0.4, 0.5) is 0 Å². The summed E-state index contributed by atoms with van der Waals surface area (Å²) in [6.07, 6.45) is 6.64. The molecular formula is C13H22N4O. The fourth-order valence-electron chi connectivity index (χ4n) is 2.71. The number of hydrogen-bond acceptors (Lipinski definition) is 3. The summed E-state index contributed by atoms with van der Waals surface area (Å²) < 4.78 is 1.76. The molecule has 1 aromatic rings. The molecular weight excluding hydrogens is 228 g/mol. The molecule has 1 aliphatic heterocycles. The number of aryl methyl sites for hydroxylation is 1. The van der Waals surface area contributed by atoms with Crippen LogP contribution in [0.1, 0.15) is 31.7 Å². The van der Waals surface area contributed by atoms with Crippen molar-refractivity contribution in [3.8, 4) is 0 Å². The molecule has 0 saturated carbocycles. The van der Waals surface area contributed by atoms with E-state index in [9.17, 15) is 4.79 Å². The minimum Gasteiger partial charge on any atom is -0.340 e. The Kier molecular flexibility index (Phi) is 3.71. The van der Waals surface area contributed by atoms with E-state index in [0.29, 0.717) is 6.54 Å². The largest absolute Gasteiger partial charge is 0.340 e. The Morgan fingerprint density at radius 3 is 2.94 bits per heavy atom. The molecule has 1 atom stereocenters.